The predicted octanol–water partition coefficient (Wildman–Crippen LogP) is 4.49. The highest BCUT2D eigenvalue weighted by Crippen LogP contribution is 2.36. The van der Waals surface area contributed by atoms with Gasteiger partial charge in [0.2, 0.25) is 0 Å². The number of carbonyl (C=O) groups is 1. The molecular formula is C30H28FN7O2. The van der Waals surface area contributed by atoms with Gasteiger partial charge in [-0.3, -0.25) is 14.2 Å². The second-order valence-corrected chi connectivity index (χ2v) is 10.0. The number of nitrogen functional groups attached to an aromatic ring is 1. The van der Waals surface area contributed by atoms with Crippen LogP contribution in [0.25, 0.3) is 27.8 Å². The number of hydrogen-bond donors (Lipinski definition) is 2. The number of rotatable bonds is 5. The fourth-order valence-corrected chi connectivity index (χ4v) is 5.28. The van der Waals surface area contributed by atoms with Gasteiger partial charge in [-0.05, 0) is 87.1 Å². The van der Waals surface area contributed by atoms with Gasteiger partial charge in [-0.15, -0.1) is 0 Å². The van der Waals surface area contributed by atoms with Crippen LogP contribution in [0.4, 0.5) is 15.9 Å². The normalized spacial score (nSPS) is 14.4. The molecule has 1 fully saturated rings. The summed E-state index contributed by atoms with van der Waals surface area (Å²) in [7, 11) is 2.13. The van der Waals surface area contributed by atoms with Crippen LogP contribution < -0.4 is 16.6 Å². The maximum atomic E-state index is 13.3. The summed E-state index contributed by atoms with van der Waals surface area (Å²) in [6.45, 7) is 2.04. The topological polar surface area (TPSA) is 111 Å². The van der Waals surface area contributed by atoms with Crippen molar-refractivity contribution >= 4 is 28.4 Å². The Balaban J connectivity index is 1.27. The van der Waals surface area contributed by atoms with Crippen LogP contribution in [0.1, 0.15) is 29.2 Å². The Kier molecular flexibility index (Phi) is 6.61. The molecular weight excluding hydrogens is 509 g/mol. The molecule has 1 aliphatic heterocycles. The largest absolute Gasteiger partial charge is 0.383 e. The van der Waals surface area contributed by atoms with E-state index in [9.17, 15) is 14.0 Å². The molecule has 40 heavy (non-hydrogen) atoms. The van der Waals surface area contributed by atoms with Gasteiger partial charge < -0.3 is 20.5 Å². The Hall–Kier alpha value is -4.83. The minimum absolute atomic E-state index is 0.0259. The first-order chi connectivity index (χ1) is 19.4. The molecule has 0 unspecified atom stereocenters. The third-order valence-corrected chi connectivity index (χ3v) is 7.47. The molecule has 4 heterocycles. The van der Waals surface area contributed by atoms with Crippen molar-refractivity contribution < 1.29 is 9.18 Å². The monoisotopic (exact) mass is 537 g/mol. The second kappa shape index (κ2) is 10.4. The minimum atomic E-state index is -0.536. The molecule has 6 rings (SSSR count). The number of halogens is 1. The molecule has 202 valence electrons. The third-order valence-electron chi connectivity index (χ3n) is 7.47. The van der Waals surface area contributed by atoms with E-state index in [1.165, 1.54) is 41.2 Å². The molecule has 3 aromatic heterocycles. The van der Waals surface area contributed by atoms with Crippen LogP contribution in [0.15, 0.2) is 84.2 Å². The molecule has 5 aromatic rings. The molecule has 0 spiro atoms. The highest BCUT2D eigenvalue weighted by Gasteiger charge is 2.23. The van der Waals surface area contributed by atoms with E-state index >= 15 is 0 Å². The number of hydrogen-bond acceptors (Lipinski definition) is 6. The molecule has 0 radical (unpaired) electrons. The number of nitrogens with one attached hydrogen (secondary N) is 1. The van der Waals surface area contributed by atoms with Crippen molar-refractivity contribution in [2.45, 2.75) is 18.9 Å². The first-order valence-corrected chi connectivity index (χ1v) is 13.1. The fraction of sp³-hybridized carbons (Fsp3) is 0.200. The van der Waals surface area contributed by atoms with Crippen molar-refractivity contribution in [3.63, 3.8) is 0 Å². The molecule has 9 nitrogen and oxygen atoms in total. The average molecular weight is 538 g/mol. The van der Waals surface area contributed by atoms with Crippen LogP contribution in [0.5, 0.6) is 0 Å². The number of carbonyl (C=O) groups excluding carboxylic acids is 1. The van der Waals surface area contributed by atoms with E-state index in [1.54, 1.807) is 24.4 Å². The van der Waals surface area contributed by atoms with Gasteiger partial charge in [0.1, 0.15) is 29.2 Å². The zero-order chi connectivity index (χ0) is 27.8. The summed E-state index contributed by atoms with van der Waals surface area (Å²) < 4.78 is 16.8. The number of amides is 1. The molecule has 0 atom stereocenters. The molecule has 1 aliphatic rings. The second-order valence-electron chi connectivity index (χ2n) is 10.0. The zero-order valence-corrected chi connectivity index (χ0v) is 21.9. The van der Waals surface area contributed by atoms with Crippen molar-refractivity contribution in [2.24, 2.45) is 0 Å². The molecule has 2 aromatic carbocycles. The lowest BCUT2D eigenvalue weighted by Crippen LogP contribution is -2.31. The number of anilines is 2. The molecule has 0 saturated carbocycles. The first-order valence-electron chi connectivity index (χ1n) is 13.1. The summed E-state index contributed by atoms with van der Waals surface area (Å²) in [5, 5.41) is 3.61. The van der Waals surface area contributed by atoms with E-state index < -0.39 is 17.3 Å². The van der Waals surface area contributed by atoms with Crippen LogP contribution in [0.3, 0.4) is 0 Å². The lowest BCUT2D eigenvalue weighted by atomic mass is 10.1. The molecule has 3 N–H and O–H groups in total. The van der Waals surface area contributed by atoms with Crippen LogP contribution >= 0.6 is 0 Å². The number of fused-ring (bicyclic) bond motifs is 1. The molecule has 1 amide bonds. The quantitative estimate of drug-likeness (QED) is 0.342. The molecule has 1 saturated heterocycles. The number of pyridine rings is 1. The maximum Gasteiger partial charge on any atom is 0.267 e. The van der Waals surface area contributed by atoms with E-state index in [2.05, 4.69) is 38.0 Å². The Morgan fingerprint density at radius 2 is 1.75 bits per heavy atom. The van der Waals surface area contributed by atoms with Crippen LogP contribution in [-0.4, -0.2) is 50.0 Å². The van der Waals surface area contributed by atoms with Crippen molar-refractivity contribution in [3.05, 3.63) is 101 Å². The van der Waals surface area contributed by atoms with Gasteiger partial charge in [0.05, 0.1) is 5.39 Å². The third kappa shape index (κ3) is 4.73. The molecule has 10 heteroatoms. The summed E-state index contributed by atoms with van der Waals surface area (Å²) in [6.07, 6.45) is 7.19. The lowest BCUT2D eigenvalue weighted by molar-refractivity contribution is 0.102. The first kappa shape index (κ1) is 25.4. The minimum Gasteiger partial charge on any atom is -0.383 e. The Bertz CT molecular complexity index is 1750. The Labute approximate surface area is 229 Å². The van der Waals surface area contributed by atoms with E-state index in [0.717, 1.165) is 48.1 Å². The number of piperidine rings is 1. The van der Waals surface area contributed by atoms with Crippen molar-refractivity contribution in [3.8, 4) is 16.8 Å². The number of nitrogens with zero attached hydrogens (tertiary/aromatic N) is 5. The van der Waals surface area contributed by atoms with Gasteiger partial charge in [0, 0.05) is 35.4 Å². The molecule has 0 aliphatic carbocycles. The Morgan fingerprint density at radius 3 is 2.48 bits per heavy atom. The van der Waals surface area contributed by atoms with Gasteiger partial charge in [-0.25, -0.2) is 14.4 Å². The van der Waals surface area contributed by atoms with E-state index in [-0.39, 0.29) is 5.56 Å². The standard InChI is InChI=1S/C30H28FN7O2/c1-36-15-12-23(13-16-36)38-17-25(26-27(32)33-18-34-28(26)38)19-4-8-21(9-5-19)35-29(39)24-3-2-14-37(30(24)40)22-10-6-20(31)7-11-22/h2-11,14,17-18,23H,12-13,15-16H2,1H3,(H,35,39)(H2,32,33,34). The summed E-state index contributed by atoms with van der Waals surface area (Å²) in [5.41, 5.74) is 9.44. The summed E-state index contributed by atoms with van der Waals surface area (Å²) in [4.78, 5) is 37.2. The predicted molar refractivity (Wildman–Crippen MR) is 153 cm³/mol. The number of likely N-dealkylation sites (tertiary alicyclic amines) is 1. The van der Waals surface area contributed by atoms with E-state index in [4.69, 9.17) is 5.73 Å². The number of nitrogens with two attached hydrogens (primary N) is 1. The summed E-state index contributed by atoms with van der Waals surface area (Å²) in [5.74, 6) is -0.521. The van der Waals surface area contributed by atoms with Crippen molar-refractivity contribution in [1.29, 1.82) is 0 Å². The number of aromatic nitrogens is 4. The SMILES string of the molecule is CN1CCC(n2cc(-c3ccc(NC(=O)c4cccn(-c5ccc(F)cc5)c4=O)cc3)c3c(N)ncnc32)CC1. The van der Waals surface area contributed by atoms with Gasteiger partial charge in [0.25, 0.3) is 11.5 Å². The summed E-state index contributed by atoms with van der Waals surface area (Å²) >= 11 is 0. The van der Waals surface area contributed by atoms with Crippen molar-refractivity contribution in [2.75, 3.05) is 31.2 Å². The van der Waals surface area contributed by atoms with Crippen molar-refractivity contribution in [1.82, 2.24) is 24.0 Å². The highest BCUT2D eigenvalue weighted by atomic mass is 19.1. The average Bonchev–Trinajstić information content (AvgIpc) is 3.35. The van der Waals surface area contributed by atoms with Crippen LogP contribution in [0, 0.1) is 5.82 Å². The van der Waals surface area contributed by atoms with Gasteiger partial charge >= 0.3 is 0 Å². The molecule has 0 bridgehead atoms. The van der Waals surface area contributed by atoms with Crippen LogP contribution in [0.2, 0.25) is 0 Å². The van der Waals surface area contributed by atoms with E-state index in [0.29, 0.717) is 23.2 Å². The lowest BCUT2D eigenvalue weighted by Gasteiger charge is -2.30. The highest BCUT2D eigenvalue weighted by molar-refractivity contribution is 6.04. The van der Waals surface area contributed by atoms with Gasteiger partial charge in [-0.2, -0.15) is 0 Å². The summed E-state index contributed by atoms with van der Waals surface area (Å²) in [6, 6.07) is 16.3. The van der Waals surface area contributed by atoms with Gasteiger partial charge in [-0.1, -0.05) is 12.1 Å². The fourth-order valence-electron chi connectivity index (χ4n) is 5.28. The number of benzene rings is 2. The van der Waals surface area contributed by atoms with Gasteiger partial charge in [0.15, 0.2) is 0 Å². The smallest absolute Gasteiger partial charge is 0.267 e. The Morgan fingerprint density at radius 1 is 1.02 bits per heavy atom. The van der Waals surface area contributed by atoms with E-state index in [1.807, 2.05) is 12.1 Å². The van der Waals surface area contributed by atoms with Crippen LogP contribution in [-0.2, 0) is 0 Å². The zero-order valence-electron chi connectivity index (χ0n) is 21.9. The maximum absolute atomic E-state index is 13.3.